The number of carbonyl (C=O) groups is 1. The van der Waals surface area contributed by atoms with Crippen molar-refractivity contribution in [3.05, 3.63) is 23.5 Å². The molecule has 112 valence electrons. The number of rotatable bonds is 2. The molecule has 0 unspecified atom stereocenters. The van der Waals surface area contributed by atoms with Crippen molar-refractivity contribution in [2.45, 2.75) is 13.0 Å². The Labute approximate surface area is 128 Å². The average Bonchev–Trinajstić information content (AvgIpc) is 3.06. The second-order valence-electron chi connectivity index (χ2n) is 5.55. The van der Waals surface area contributed by atoms with Gasteiger partial charge in [0.15, 0.2) is 0 Å². The van der Waals surface area contributed by atoms with Gasteiger partial charge in [0, 0.05) is 49.9 Å². The molecule has 0 saturated carbocycles. The van der Waals surface area contributed by atoms with Crippen LogP contribution < -0.4 is 0 Å². The van der Waals surface area contributed by atoms with Crippen LogP contribution in [0.1, 0.15) is 17.4 Å². The molecule has 0 aliphatic carbocycles. The maximum atomic E-state index is 12.6. The van der Waals surface area contributed by atoms with Crippen LogP contribution in [0.5, 0.6) is 0 Å². The molecular formula is C14H19N5OS. The standard InChI is InChI=1S/C14H19N5OS/c1-10-7-17(2)4-5-19(10)14(20)12-9-21-13(16-12)11-6-15-18(3)8-11/h6,8-10H,4-5,7H2,1-3H3/t10-/m1/s1. The number of aryl methyl sites for hydroxylation is 1. The predicted molar refractivity (Wildman–Crippen MR) is 82.3 cm³/mol. The van der Waals surface area contributed by atoms with Crippen molar-refractivity contribution in [2.24, 2.45) is 7.05 Å². The Kier molecular flexibility index (Phi) is 3.77. The van der Waals surface area contributed by atoms with Crippen LogP contribution in [0, 0.1) is 0 Å². The molecule has 3 rings (SSSR count). The average molecular weight is 305 g/mol. The zero-order valence-corrected chi connectivity index (χ0v) is 13.3. The summed E-state index contributed by atoms with van der Waals surface area (Å²) in [5, 5.41) is 6.82. The normalized spacial score (nSPS) is 20.0. The van der Waals surface area contributed by atoms with Crippen LogP contribution in [0.3, 0.4) is 0 Å². The minimum absolute atomic E-state index is 0.0296. The zero-order chi connectivity index (χ0) is 15.0. The zero-order valence-electron chi connectivity index (χ0n) is 12.5. The summed E-state index contributed by atoms with van der Waals surface area (Å²) in [6, 6.07) is 0.222. The van der Waals surface area contributed by atoms with E-state index in [0.717, 1.165) is 30.2 Å². The van der Waals surface area contributed by atoms with Crippen molar-refractivity contribution in [1.82, 2.24) is 24.6 Å². The second-order valence-corrected chi connectivity index (χ2v) is 6.41. The molecule has 0 bridgehead atoms. The van der Waals surface area contributed by atoms with Gasteiger partial charge in [-0.3, -0.25) is 9.48 Å². The molecular weight excluding hydrogens is 286 g/mol. The molecule has 7 heteroatoms. The highest BCUT2D eigenvalue weighted by Crippen LogP contribution is 2.24. The Morgan fingerprint density at radius 3 is 2.86 bits per heavy atom. The van der Waals surface area contributed by atoms with Gasteiger partial charge in [0.2, 0.25) is 0 Å². The summed E-state index contributed by atoms with van der Waals surface area (Å²) < 4.78 is 1.74. The third kappa shape index (κ3) is 2.84. The van der Waals surface area contributed by atoms with E-state index >= 15 is 0 Å². The number of hydrogen-bond acceptors (Lipinski definition) is 5. The van der Waals surface area contributed by atoms with Gasteiger partial charge in [-0.05, 0) is 14.0 Å². The van der Waals surface area contributed by atoms with Crippen molar-refractivity contribution < 1.29 is 4.79 Å². The van der Waals surface area contributed by atoms with Gasteiger partial charge < -0.3 is 9.80 Å². The maximum absolute atomic E-state index is 12.6. The number of thiazole rings is 1. The molecule has 6 nitrogen and oxygen atoms in total. The molecule has 3 heterocycles. The summed E-state index contributed by atoms with van der Waals surface area (Å²) in [4.78, 5) is 21.2. The molecule has 1 aliphatic rings. The van der Waals surface area contributed by atoms with Gasteiger partial charge >= 0.3 is 0 Å². The molecule has 1 atom stereocenters. The number of likely N-dealkylation sites (N-methyl/N-ethyl adjacent to an activating group) is 1. The van der Waals surface area contributed by atoms with Gasteiger partial charge in [-0.15, -0.1) is 11.3 Å². The predicted octanol–water partition coefficient (Wildman–Crippen LogP) is 1.32. The molecule has 1 fully saturated rings. The number of piperazine rings is 1. The largest absolute Gasteiger partial charge is 0.332 e. The monoisotopic (exact) mass is 305 g/mol. The number of aromatic nitrogens is 3. The minimum atomic E-state index is 0.0296. The summed E-state index contributed by atoms with van der Waals surface area (Å²) in [6.45, 7) is 4.67. The molecule has 1 amide bonds. The number of amides is 1. The number of nitrogens with zero attached hydrogens (tertiary/aromatic N) is 5. The van der Waals surface area contributed by atoms with E-state index in [-0.39, 0.29) is 11.9 Å². The SMILES string of the molecule is C[C@@H]1CN(C)CCN1C(=O)c1csc(-c2cnn(C)c2)n1. The number of hydrogen-bond donors (Lipinski definition) is 0. The van der Waals surface area contributed by atoms with Crippen LogP contribution >= 0.6 is 11.3 Å². The molecule has 1 saturated heterocycles. The quantitative estimate of drug-likeness (QED) is 0.840. The van der Waals surface area contributed by atoms with E-state index in [2.05, 4.69) is 29.0 Å². The first-order valence-corrected chi connectivity index (χ1v) is 7.86. The summed E-state index contributed by atoms with van der Waals surface area (Å²) in [5.41, 5.74) is 1.49. The highest BCUT2D eigenvalue weighted by Gasteiger charge is 2.28. The van der Waals surface area contributed by atoms with E-state index in [9.17, 15) is 4.79 Å². The Morgan fingerprint density at radius 1 is 1.38 bits per heavy atom. The second kappa shape index (κ2) is 5.57. The van der Waals surface area contributed by atoms with Gasteiger partial charge in [-0.1, -0.05) is 0 Å². The first kappa shape index (κ1) is 14.2. The smallest absolute Gasteiger partial charge is 0.273 e. The Hall–Kier alpha value is -1.73. The van der Waals surface area contributed by atoms with Crippen LogP contribution in [0.15, 0.2) is 17.8 Å². The lowest BCUT2D eigenvalue weighted by Gasteiger charge is -2.37. The third-order valence-electron chi connectivity index (χ3n) is 3.77. The maximum Gasteiger partial charge on any atom is 0.273 e. The van der Waals surface area contributed by atoms with Crippen molar-refractivity contribution in [3.8, 4) is 10.6 Å². The van der Waals surface area contributed by atoms with E-state index in [1.54, 1.807) is 10.9 Å². The molecule has 1 aliphatic heterocycles. The molecule has 0 radical (unpaired) electrons. The van der Waals surface area contributed by atoms with Crippen molar-refractivity contribution in [3.63, 3.8) is 0 Å². The summed E-state index contributed by atoms with van der Waals surface area (Å²) in [6.07, 6.45) is 3.68. The molecule has 2 aromatic rings. The fourth-order valence-electron chi connectivity index (χ4n) is 2.62. The van der Waals surface area contributed by atoms with Crippen LogP contribution in [0.25, 0.3) is 10.6 Å². The van der Waals surface area contributed by atoms with Gasteiger partial charge in [-0.2, -0.15) is 5.10 Å². The van der Waals surface area contributed by atoms with E-state index in [1.165, 1.54) is 11.3 Å². The lowest BCUT2D eigenvalue weighted by Crippen LogP contribution is -2.52. The van der Waals surface area contributed by atoms with E-state index in [1.807, 2.05) is 23.5 Å². The molecule has 21 heavy (non-hydrogen) atoms. The van der Waals surface area contributed by atoms with Crippen molar-refractivity contribution in [1.29, 1.82) is 0 Å². The first-order valence-electron chi connectivity index (χ1n) is 6.98. The Morgan fingerprint density at radius 2 is 2.19 bits per heavy atom. The Balaban J connectivity index is 1.78. The van der Waals surface area contributed by atoms with Crippen molar-refractivity contribution in [2.75, 3.05) is 26.7 Å². The highest BCUT2D eigenvalue weighted by atomic mass is 32.1. The molecule has 0 spiro atoms. The first-order chi connectivity index (χ1) is 10.0. The van der Waals surface area contributed by atoms with Gasteiger partial charge in [0.05, 0.1) is 6.20 Å². The summed E-state index contributed by atoms with van der Waals surface area (Å²) >= 11 is 1.49. The van der Waals surface area contributed by atoms with Crippen molar-refractivity contribution >= 4 is 17.2 Å². The van der Waals surface area contributed by atoms with Crippen LogP contribution in [0.2, 0.25) is 0 Å². The lowest BCUT2D eigenvalue weighted by atomic mass is 10.2. The van der Waals surface area contributed by atoms with E-state index in [0.29, 0.717) is 5.69 Å². The molecule has 2 aromatic heterocycles. The summed E-state index contributed by atoms with van der Waals surface area (Å²) in [7, 11) is 3.96. The Bertz CT molecular complexity index is 649. The fraction of sp³-hybridized carbons (Fsp3) is 0.500. The summed E-state index contributed by atoms with van der Waals surface area (Å²) in [5.74, 6) is 0.0296. The topological polar surface area (TPSA) is 54.3 Å². The lowest BCUT2D eigenvalue weighted by molar-refractivity contribution is 0.0528. The fourth-order valence-corrected chi connectivity index (χ4v) is 3.39. The van der Waals surface area contributed by atoms with Crippen LogP contribution in [-0.2, 0) is 7.05 Å². The van der Waals surface area contributed by atoms with Gasteiger partial charge in [0.1, 0.15) is 10.7 Å². The van der Waals surface area contributed by atoms with E-state index < -0.39 is 0 Å². The van der Waals surface area contributed by atoms with E-state index in [4.69, 9.17) is 0 Å². The van der Waals surface area contributed by atoms with Gasteiger partial charge in [0.25, 0.3) is 5.91 Å². The minimum Gasteiger partial charge on any atom is -0.332 e. The molecule has 0 N–H and O–H groups in total. The van der Waals surface area contributed by atoms with Gasteiger partial charge in [-0.25, -0.2) is 4.98 Å². The highest BCUT2D eigenvalue weighted by molar-refractivity contribution is 7.13. The van der Waals surface area contributed by atoms with Crippen LogP contribution in [0.4, 0.5) is 0 Å². The molecule has 0 aromatic carbocycles. The van der Waals surface area contributed by atoms with Crippen LogP contribution in [-0.4, -0.2) is 63.2 Å². The third-order valence-corrected chi connectivity index (χ3v) is 4.66. The number of carbonyl (C=O) groups excluding carboxylic acids is 1.